The molecule has 1 atom stereocenters. The van der Waals surface area contributed by atoms with Gasteiger partial charge < -0.3 is 15.3 Å². The molecule has 2 N–H and O–H groups in total. The van der Waals surface area contributed by atoms with E-state index in [4.69, 9.17) is 5.11 Å². The van der Waals surface area contributed by atoms with Crippen molar-refractivity contribution in [2.45, 2.75) is 33.4 Å². The van der Waals surface area contributed by atoms with Gasteiger partial charge in [0, 0.05) is 25.8 Å². The molecule has 5 heteroatoms. The topological polar surface area (TPSA) is 65.5 Å². The zero-order valence-electron chi connectivity index (χ0n) is 11.2. The number of pyridine rings is 1. The molecular weight excluding hydrogens is 230 g/mol. The average molecular weight is 251 g/mol. The molecule has 1 heterocycles. The van der Waals surface area contributed by atoms with Gasteiger partial charge in [-0.25, -0.2) is 4.98 Å². The number of hydrogen-bond acceptors (Lipinski definition) is 4. The molecule has 100 valence electrons. The fourth-order valence-corrected chi connectivity index (χ4v) is 1.59. The molecule has 0 saturated carbocycles. The molecule has 0 saturated heterocycles. The molecule has 0 spiro atoms. The molecule has 1 rings (SSSR count). The minimum Gasteiger partial charge on any atom is -0.384 e. The Kier molecular flexibility index (Phi) is 5.58. The predicted octanol–water partition coefficient (Wildman–Crippen LogP) is 0.925. The molecule has 1 aromatic heterocycles. The third-order valence-corrected chi connectivity index (χ3v) is 2.74. The summed E-state index contributed by atoms with van der Waals surface area (Å²) in [4.78, 5) is 17.7. The number of hydrogen-bond donors (Lipinski definition) is 2. The van der Waals surface area contributed by atoms with Crippen LogP contribution in [-0.2, 0) is 11.3 Å². The monoisotopic (exact) mass is 251 g/mol. The van der Waals surface area contributed by atoms with Crippen molar-refractivity contribution < 1.29 is 9.90 Å². The number of anilines is 1. The van der Waals surface area contributed by atoms with Gasteiger partial charge in [0.25, 0.3) is 0 Å². The SMILES string of the molecule is CCN(CC)c1ccc(CNC(=O)C(C)O)cn1. The molecule has 0 aliphatic rings. The van der Waals surface area contributed by atoms with E-state index in [-0.39, 0.29) is 5.91 Å². The Bertz CT molecular complexity index is 372. The highest BCUT2D eigenvalue weighted by Gasteiger charge is 2.08. The van der Waals surface area contributed by atoms with Crippen molar-refractivity contribution >= 4 is 11.7 Å². The van der Waals surface area contributed by atoms with Crippen molar-refractivity contribution in [3.63, 3.8) is 0 Å². The quantitative estimate of drug-likeness (QED) is 0.789. The van der Waals surface area contributed by atoms with Gasteiger partial charge in [-0.05, 0) is 32.4 Å². The van der Waals surface area contributed by atoms with Crippen molar-refractivity contribution in [3.8, 4) is 0 Å². The maximum absolute atomic E-state index is 11.2. The van der Waals surface area contributed by atoms with Crippen LogP contribution >= 0.6 is 0 Å². The number of aliphatic hydroxyl groups excluding tert-OH is 1. The van der Waals surface area contributed by atoms with E-state index in [2.05, 4.69) is 29.0 Å². The lowest BCUT2D eigenvalue weighted by Crippen LogP contribution is -2.32. The maximum Gasteiger partial charge on any atom is 0.248 e. The second-order valence-corrected chi connectivity index (χ2v) is 4.09. The van der Waals surface area contributed by atoms with Crippen LogP contribution in [0.1, 0.15) is 26.3 Å². The average Bonchev–Trinajstić information content (AvgIpc) is 2.38. The van der Waals surface area contributed by atoms with E-state index in [9.17, 15) is 4.79 Å². The molecule has 0 aliphatic heterocycles. The molecule has 1 unspecified atom stereocenters. The number of rotatable bonds is 6. The van der Waals surface area contributed by atoms with Gasteiger partial charge in [0.05, 0.1) is 0 Å². The Morgan fingerprint density at radius 1 is 1.44 bits per heavy atom. The fourth-order valence-electron chi connectivity index (χ4n) is 1.59. The van der Waals surface area contributed by atoms with E-state index < -0.39 is 6.10 Å². The van der Waals surface area contributed by atoms with Gasteiger partial charge >= 0.3 is 0 Å². The van der Waals surface area contributed by atoms with Gasteiger partial charge in [-0.15, -0.1) is 0 Å². The lowest BCUT2D eigenvalue weighted by Gasteiger charge is -2.19. The second kappa shape index (κ2) is 6.96. The van der Waals surface area contributed by atoms with Crippen LogP contribution in [0.4, 0.5) is 5.82 Å². The number of carbonyl (C=O) groups is 1. The standard InChI is InChI=1S/C13H21N3O2/c1-4-16(5-2)12-7-6-11(8-14-12)9-15-13(18)10(3)17/h6-8,10,17H,4-5,9H2,1-3H3,(H,15,18). The molecule has 0 bridgehead atoms. The first-order chi connectivity index (χ1) is 8.58. The first kappa shape index (κ1) is 14.4. The Morgan fingerprint density at radius 3 is 2.56 bits per heavy atom. The van der Waals surface area contributed by atoms with Gasteiger partial charge in [-0.3, -0.25) is 4.79 Å². The summed E-state index contributed by atoms with van der Waals surface area (Å²) in [6.45, 7) is 7.83. The number of nitrogens with zero attached hydrogens (tertiary/aromatic N) is 2. The van der Waals surface area contributed by atoms with Gasteiger partial charge in [-0.2, -0.15) is 0 Å². The number of carbonyl (C=O) groups excluding carboxylic acids is 1. The van der Waals surface area contributed by atoms with E-state index in [1.807, 2.05) is 12.1 Å². The first-order valence-electron chi connectivity index (χ1n) is 6.24. The Morgan fingerprint density at radius 2 is 2.11 bits per heavy atom. The van der Waals surface area contributed by atoms with Crippen LogP contribution in [0, 0.1) is 0 Å². The highest BCUT2D eigenvalue weighted by molar-refractivity contribution is 5.79. The van der Waals surface area contributed by atoms with Crippen LogP contribution in [0.5, 0.6) is 0 Å². The summed E-state index contributed by atoms with van der Waals surface area (Å²) in [5.74, 6) is 0.563. The minimum absolute atomic E-state index is 0.372. The van der Waals surface area contributed by atoms with Crippen LogP contribution < -0.4 is 10.2 Å². The van der Waals surface area contributed by atoms with Crippen LogP contribution in [0.25, 0.3) is 0 Å². The van der Waals surface area contributed by atoms with E-state index >= 15 is 0 Å². The van der Waals surface area contributed by atoms with Crippen LogP contribution in [0.15, 0.2) is 18.3 Å². The van der Waals surface area contributed by atoms with Gasteiger partial charge in [0.2, 0.25) is 5.91 Å². The zero-order chi connectivity index (χ0) is 13.5. The third kappa shape index (κ3) is 4.00. The number of nitrogens with one attached hydrogen (secondary N) is 1. The lowest BCUT2D eigenvalue weighted by atomic mass is 10.2. The molecular formula is C13H21N3O2. The molecule has 0 fully saturated rings. The van der Waals surface area contributed by atoms with E-state index in [1.165, 1.54) is 6.92 Å². The van der Waals surface area contributed by atoms with E-state index in [0.717, 1.165) is 24.5 Å². The summed E-state index contributed by atoms with van der Waals surface area (Å²) < 4.78 is 0. The maximum atomic E-state index is 11.2. The normalized spacial score (nSPS) is 12.0. The fraction of sp³-hybridized carbons (Fsp3) is 0.538. The van der Waals surface area contributed by atoms with Crippen molar-refractivity contribution in [3.05, 3.63) is 23.9 Å². The number of aliphatic hydroxyl groups is 1. The van der Waals surface area contributed by atoms with Gasteiger partial charge in [0.1, 0.15) is 11.9 Å². The summed E-state index contributed by atoms with van der Waals surface area (Å²) in [6, 6.07) is 3.87. The molecule has 1 amide bonds. The van der Waals surface area contributed by atoms with Crippen molar-refractivity contribution in [2.24, 2.45) is 0 Å². The van der Waals surface area contributed by atoms with Gasteiger partial charge in [0.15, 0.2) is 0 Å². The molecule has 0 aromatic carbocycles. The first-order valence-corrected chi connectivity index (χ1v) is 6.24. The minimum atomic E-state index is -0.979. The van der Waals surface area contributed by atoms with Crippen molar-refractivity contribution in [1.29, 1.82) is 0 Å². The summed E-state index contributed by atoms with van der Waals surface area (Å²) in [5, 5.41) is 11.7. The van der Waals surface area contributed by atoms with E-state index in [1.54, 1.807) is 6.20 Å². The van der Waals surface area contributed by atoms with Crippen molar-refractivity contribution in [2.75, 3.05) is 18.0 Å². The zero-order valence-corrected chi connectivity index (χ0v) is 11.2. The third-order valence-electron chi connectivity index (χ3n) is 2.74. The Labute approximate surface area is 108 Å². The summed E-state index contributed by atoms with van der Waals surface area (Å²) in [6.07, 6.45) is 0.767. The van der Waals surface area contributed by atoms with Gasteiger partial charge in [-0.1, -0.05) is 6.07 Å². The summed E-state index contributed by atoms with van der Waals surface area (Å²) >= 11 is 0. The smallest absolute Gasteiger partial charge is 0.248 e. The second-order valence-electron chi connectivity index (χ2n) is 4.09. The van der Waals surface area contributed by atoms with Crippen molar-refractivity contribution in [1.82, 2.24) is 10.3 Å². The molecule has 5 nitrogen and oxygen atoms in total. The van der Waals surface area contributed by atoms with E-state index in [0.29, 0.717) is 6.54 Å². The summed E-state index contributed by atoms with van der Waals surface area (Å²) in [5.41, 5.74) is 0.917. The number of amides is 1. The van der Waals surface area contributed by atoms with Crippen LogP contribution in [-0.4, -0.2) is 35.2 Å². The molecule has 18 heavy (non-hydrogen) atoms. The molecule has 1 aromatic rings. The largest absolute Gasteiger partial charge is 0.384 e. The Hall–Kier alpha value is -1.62. The number of aromatic nitrogens is 1. The highest BCUT2D eigenvalue weighted by Crippen LogP contribution is 2.10. The lowest BCUT2D eigenvalue weighted by molar-refractivity contribution is -0.128. The molecule has 0 radical (unpaired) electrons. The predicted molar refractivity (Wildman–Crippen MR) is 71.3 cm³/mol. The highest BCUT2D eigenvalue weighted by atomic mass is 16.3. The summed E-state index contributed by atoms with van der Waals surface area (Å²) in [7, 11) is 0. The van der Waals surface area contributed by atoms with Crippen LogP contribution in [0.2, 0.25) is 0 Å². The molecule has 0 aliphatic carbocycles. The Balaban J connectivity index is 2.58. The van der Waals surface area contributed by atoms with Crippen LogP contribution in [0.3, 0.4) is 0 Å².